The topological polar surface area (TPSA) is 9.23 Å². The zero-order chi connectivity index (χ0) is 10.9. The first-order valence-electron chi connectivity index (χ1n) is 6.08. The highest BCUT2D eigenvalue weighted by Gasteiger charge is 2.33. The van der Waals surface area contributed by atoms with Gasteiger partial charge in [0.15, 0.2) is 0 Å². The normalized spacial score (nSPS) is 12.0. The molecule has 0 aromatic carbocycles. The van der Waals surface area contributed by atoms with Crippen molar-refractivity contribution in [2.45, 2.75) is 40.0 Å². The third-order valence-electron chi connectivity index (χ3n) is 2.86. The van der Waals surface area contributed by atoms with Gasteiger partial charge in [0.1, 0.15) is 0 Å². The first kappa shape index (κ1) is 14.4. The van der Waals surface area contributed by atoms with Crippen LogP contribution >= 0.6 is 7.26 Å². The Morgan fingerprint density at radius 2 is 1.21 bits per heavy atom. The van der Waals surface area contributed by atoms with Gasteiger partial charge in [-0.2, -0.15) is 0 Å². The van der Waals surface area contributed by atoms with Crippen molar-refractivity contribution in [3.63, 3.8) is 0 Å². The Morgan fingerprint density at radius 3 is 1.50 bits per heavy atom. The molecule has 0 radical (unpaired) electrons. The molecule has 0 aliphatic heterocycles. The molecule has 1 nitrogen and oxygen atoms in total. The largest absolute Gasteiger partial charge is 0.381 e. The summed E-state index contributed by atoms with van der Waals surface area (Å²) in [6, 6.07) is 0. The molecule has 2 heteroatoms. The molecule has 0 aliphatic carbocycles. The molecular weight excluding hydrogens is 191 g/mol. The van der Waals surface area contributed by atoms with Crippen LogP contribution in [0.5, 0.6) is 0 Å². The first-order valence-corrected chi connectivity index (χ1v) is 8.61. The van der Waals surface area contributed by atoms with Gasteiger partial charge in [0, 0.05) is 14.4 Å². The van der Waals surface area contributed by atoms with E-state index in [0.717, 1.165) is 6.61 Å². The standard InChI is InChI=1S/C12H28OP/c1-5-9-14(10-6-2,11-7-3)12-8-13-4/h5-12H2,1-4H3/q+1. The van der Waals surface area contributed by atoms with Crippen LogP contribution in [0.25, 0.3) is 0 Å². The Morgan fingerprint density at radius 1 is 0.786 bits per heavy atom. The smallest absolute Gasteiger partial charge is 0.0828 e. The van der Waals surface area contributed by atoms with Crippen molar-refractivity contribution in [1.82, 2.24) is 0 Å². The number of ether oxygens (including phenoxy) is 1. The molecule has 0 fully saturated rings. The average molecular weight is 219 g/mol. The highest BCUT2D eigenvalue weighted by Crippen LogP contribution is 2.59. The minimum atomic E-state index is -0.638. The molecule has 0 saturated carbocycles. The van der Waals surface area contributed by atoms with Gasteiger partial charge >= 0.3 is 0 Å². The summed E-state index contributed by atoms with van der Waals surface area (Å²) in [6.45, 7) is 7.96. The van der Waals surface area contributed by atoms with Crippen LogP contribution in [0.15, 0.2) is 0 Å². The lowest BCUT2D eigenvalue weighted by Crippen LogP contribution is -2.14. The van der Waals surface area contributed by atoms with Crippen molar-refractivity contribution in [3.05, 3.63) is 0 Å². The molecule has 0 aliphatic rings. The second-order valence-electron chi connectivity index (χ2n) is 4.23. The molecule has 0 spiro atoms. The van der Waals surface area contributed by atoms with Crippen LogP contribution in [0.1, 0.15) is 40.0 Å². The van der Waals surface area contributed by atoms with Gasteiger partial charge in [0.05, 0.1) is 31.3 Å². The van der Waals surface area contributed by atoms with E-state index < -0.39 is 7.26 Å². The maximum atomic E-state index is 5.26. The van der Waals surface area contributed by atoms with E-state index in [4.69, 9.17) is 4.74 Å². The van der Waals surface area contributed by atoms with Crippen molar-refractivity contribution in [3.8, 4) is 0 Å². The quantitative estimate of drug-likeness (QED) is 0.535. The predicted octanol–water partition coefficient (Wildman–Crippen LogP) is 3.88. The monoisotopic (exact) mass is 219 g/mol. The van der Waals surface area contributed by atoms with Crippen LogP contribution in [0.4, 0.5) is 0 Å². The van der Waals surface area contributed by atoms with E-state index in [1.54, 1.807) is 0 Å². The van der Waals surface area contributed by atoms with Gasteiger partial charge in [-0.05, 0) is 19.3 Å². The van der Waals surface area contributed by atoms with E-state index in [1.807, 2.05) is 7.11 Å². The SMILES string of the molecule is CCC[P+](CCC)(CCC)CCOC. The minimum Gasteiger partial charge on any atom is -0.381 e. The van der Waals surface area contributed by atoms with Crippen molar-refractivity contribution in [2.75, 3.05) is 38.4 Å². The fraction of sp³-hybridized carbons (Fsp3) is 1.00. The van der Waals surface area contributed by atoms with Gasteiger partial charge < -0.3 is 4.74 Å². The molecule has 0 unspecified atom stereocenters. The number of rotatable bonds is 9. The van der Waals surface area contributed by atoms with Crippen molar-refractivity contribution >= 4 is 7.26 Å². The summed E-state index contributed by atoms with van der Waals surface area (Å²) in [6.07, 6.45) is 9.89. The molecule has 86 valence electrons. The number of hydrogen-bond acceptors (Lipinski definition) is 1. The molecule has 0 N–H and O–H groups in total. The van der Waals surface area contributed by atoms with Crippen LogP contribution in [0.3, 0.4) is 0 Å². The maximum Gasteiger partial charge on any atom is 0.0828 e. The lowest BCUT2D eigenvalue weighted by Gasteiger charge is -2.26. The molecular formula is C12H28OP+. The summed E-state index contributed by atoms with van der Waals surface area (Å²) in [5.41, 5.74) is 0. The zero-order valence-electron chi connectivity index (χ0n) is 10.5. The lowest BCUT2D eigenvalue weighted by atomic mass is 10.6. The Labute approximate surface area is 91.0 Å². The van der Waals surface area contributed by atoms with Gasteiger partial charge in [0.25, 0.3) is 0 Å². The average Bonchev–Trinajstić information content (AvgIpc) is 2.16. The summed E-state index contributed by atoms with van der Waals surface area (Å²) in [7, 11) is 1.19. The molecule has 0 heterocycles. The predicted molar refractivity (Wildman–Crippen MR) is 69.1 cm³/mol. The first-order chi connectivity index (χ1) is 6.74. The van der Waals surface area contributed by atoms with Gasteiger partial charge in [-0.1, -0.05) is 20.8 Å². The molecule has 0 saturated heterocycles. The Kier molecular flexibility index (Phi) is 8.92. The Balaban J connectivity index is 4.21. The van der Waals surface area contributed by atoms with E-state index >= 15 is 0 Å². The van der Waals surface area contributed by atoms with E-state index in [1.165, 1.54) is 43.9 Å². The molecule has 0 atom stereocenters. The van der Waals surface area contributed by atoms with E-state index in [2.05, 4.69) is 20.8 Å². The summed E-state index contributed by atoms with van der Waals surface area (Å²) in [4.78, 5) is 0. The second kappa shape index (κ2) is 8.68. The number of methoxy groups -OCH3 is 1. The van der Waals surface area contributed by atoms with Gasteiger partial charge in [-0.25, -0.2) is 0 Å². The summed E-state index contributed by atoms with van der Waals surface area (Å²) < 4.78 is 5.26. The van der Waals surface area contributed by atoms with Crippen LogP contribution < -0.4 is 0 Å². The van der Waals surface area contributed by atoms with Crippen LogP contribution in [0.2, 0.25) is 0 Å². The van der Waals surface area contributed by atoms with Gasteiger partial charge in [0.2, 0.25) is 0 Å². The van der Waals surface area contributed by atoms with E-state index in [0.29, 0.717) is 0 Å². The molecule has 0 bridgehead atoms. The summed E-state index contributed by atoms with van der Waals surface area (Å²) in [5.74, 6) is 0. The van der Waals surface area contributed by atoms with Crippen LogP contribution in [-0.4, -0.2) is 38.4 Å². The maximum absolute atomic E-state index is 5.26. The third kappa shape index (κ3) is 5.32. The third-order valence-corrected chi connectivity index (χ3v) is 8.18. The van der Waals surface area contributed by atoms with Crippen LogP contribution in [0, 0.1) is 0 Å². The molecule has 0 aromatic heterocycles. The zero-order valence-corrected chi connectivity index (χ0v) is 11.4. The molecule has 0 amide bonds. The van der Waals surface area contributed by atoms with E-state index in [-0.39, 0.29) is 0 Å². The second-order valence-corrected chi connectivity index (χ2v) is 8.70. The highest BCUT2D eigenvalue weighted by atomic mass is 31.2. The van der Waals surface area contributed by atoms with Crippen molar-refractivity contribution in [2.24, 2.45) is 0 Å². The molecule has 0 rings (SSSR count). The van der Waals surface area contributed by atoms with Crippen LogP contribution in [-0.2, 0) is 4.74 Å². The summed E-state index contributed by atoms with van der Waals surface area (Å²) in [5, 5.41) is 0. The minimum absolute atomic E-state index is 0.638. The Hall–Kier alpha value is 0.390. The van der Waals surface area contributed by atoms with E-state index in [9.17, 15) is 0 Å². The van der Waals surface area contributed by atoms with Gasteiger partial charge in [-0.3, -0.25) is 0 Å². The fourth-order valence-corrected chi connectivity index (χ4v) is 7.14. The van der Waals surface area contributed by atoms with Crippen molar-refractivity contribution in [1.29, 1.82) is 0 Å². The number of hydrogen-bond donors (Lipinski definition) is 0. The Bertz CT molecular complexity index is 108. The summed E-state index contributed by atoms with van der Waals surface area (Å²) >= 11 is 0. The highest BCUT2D eigenvalue weighted by molar-refractivity contribution is 7.75. The lowest BCUT2D eigenvalue weighted by molar-refractivity contribution is 0.217. The molecule has 14 heavy (non-hydrogen) atoms. The van der Waals surface area contributed by atoms with Gasteiger partial charge in [-0.15, -0.1) is 0 Å². The fourth-order valence-electron chi connectivity index (χ4n) is 2.38. The molecule has 0 aromatic rings. The van der Waals surface area contributed by atoms with Crippen molar-refractivity contribution < 1.29 is 4.74 Å².